The van der Waals surface area contributed by atoms with Crippen molar-refractivity contribution >= 4 is 17.1 Å². The molecule has 4 nitrogen and oxygen atoms in total. The van der Waals surface area contributed by atoms with Crippen LogP contribution in [0.4, 0.5) is 0 Å². The summed E-state index contributed by atoms with van der Waals surface area (Å²) in [5, 5.41) is -0.0898. The third kappa shape index (κ3) is 5.64. The van der Waals surface area contributed by atoms with Crippen LogP contribution in [0.2, 0.25) is 15.7 Å². The first-order valence-corrected chi connectivity index (χ1v) is 13.1. The maximum atomic E-state index is 6.37. The molecule has 0 aromatic heterocycles. The number of hydrogen-bond acceptors (Lipinski definition) is 4. The Bertz CT molecular complexity index is 290. The third-order valence-corrected chi connectivity index (χ3v) is 15.6. The van der Waals surface area contributed by atoms with Gasteiger partial charge >= 0.3 is 17.1 Å². The van der Waals surface area contributed by atoms with Crippen LogP contribution in [0.5, 0.6) is 0 Å². The summed E-state index contributed by atoms with van der Waals surface area (Å²) in [6.07, 6.45) is 0. The third-order valence-electron chi connectivity index (χ3n) is 4.26. The van der Waals surface area contributed by atoms with E-state index < -0.39 is 17.1 Å². The van der Waals surface area contributed by atoms with Crippen LogP contribution in [0.25, 0.3) is 0 Å². The molecule has 23 heavy (non-hydrogen) atoms. The van der Waals surface area contributed by atoms with Gasteiger partial charge in [-0.2, -0.15) is 0 Å². The molecule has 0 heterocycles. The van der Waals surface area contributed by atoms with Gasteiger partial charge in [-0.1, -0.05) is 41.5 Å². The SMILES string of the molecule is CCO[Si](C[Si](OCC)(OCC)C(C)(C)C)(OCC)C(C)(C)C. The average Bonchev–Trinajstić information content (AvgIpc) is 2.37. The zero-order chi connectivity index (χ0) is 18.4. The zero-order valence-corrected chi connectivity index (χ0v) is 19.2. The Hall–Kier alpha value is 0.274. The molecule has 0 amide bonds. The first-order chi connectivity index (χ1) is 10.4. The van der Waals surface area contributed by atoms with Crippen molar-refractivity contribution in [3.8, 4) is 0 Å². The molecule has 6 heteroatoms. The van der Waals surface area contributed by atoms with E-state index in [0.29, 0.717) is 26.4 Å². The van der Waals surface area contributed by atoms with Crippen molar-refractivity contribution in [2.75, 3.05) is 26.4 Å². The molecule has 140 valence electrons. The number of rotatable bonds is 10. The summed E-state index contributed by atoms with van der Waals surface area (Å²) >= 11 is 0. The predicted molar refractivity (Wildman–Crippen MR) is 102 cm³/mol. The van der Waals surface area contributed by atoms with Crippen molar-refractivity contribution in [2.24, 2.45) is 0 Å². The second kappa shape index (κ2) is 9.10. The summed E-state index contributed by atoms with van der Waals surface area (Å²) in [6.45, 7) is 24.2. The van der Waals surface area contributed by atoms with Crippen LogP contribution in [-0.4, -0.2) is 43.5 Å². The molecule has 0 fully saturated rings. The molecule has 0 aliphatic heterocycles. The minimum atomic E-state index is -2.51. The summed E-state index contributed by atoms with van der Waals surface area (Å²) in [6, 6.07) is 0. The molecule has 0 aliphatic rings. The molecule has 0 rings (SSSR count). The molecule has 0 saturated heterocycles. The summed E-state index contributed by atoms with van der Waals surface area (Å²) in [5.41, 5.74) is 0.802. The Labute approximate surface area is 146 Å². The van der Waals surface area contributed by atoms with Crippen molar-refractivity contribution in [2.45, 2.75) is 85.0 Å². The highest BCUT2D eigenvalue weighted by atomic mass is 28.4. The molecule has 0 atom stereocenters. The van der Waals surface area contributed by atoms with E-state index in [9.17, 15) is 0 Å². The lowest BCUT2D eigenvalue weighted by Gasteiger charge is -2.48. The van der Waals surface area contributed by atoms with E-state index in [4.69, 9.17) is 17.7 Å². The van der Waals surface area contributed by atoms with E-state index in [2.05, 4.69) is 41.5 Å². The van der Waals surface area contributed by atoms with Crippen LogP contribution in [0.1, 0.15) is 69.2 Å². The lowest BCUT2D eigenvalue weighted by atomic mass is 10.2. The Balaban J connectivity index is 6.02. The average molecular weight is 365 g/mol. The Morgan fingerprint density at radius 2 is 0.739 bits per heavy atom. The molecule has 0 unspecified atom stereocenters. The lowest BCUT2D eigenvalue weighted by molar-refractivity contribution is 0.138. The monoisotopic (exact) mass is 364 g/mol. The van der Waals surface area contributed by atoms with Gasteiger partial charge in [0, 0.05) is 42.2 Å². The molecular weight excluding hydrogens is 324 g/mol. The quantitative estimate of drug-likeness (QED) is 0.502. The first kappa shape index (κ1) is 23.3. The highest BCUT2D eigenvalue weighted by Gasteiger charge is 2.61. The second-order valence-corrected chi connectivity index (χ2v) is 16.5. The summed E-state index contributed by atoms with van der Waals surface area (Å²) < 4.78 is 25.5. The van der Waals surface area contributed by atoms with Gasteiger partial charge in [-0.3, -0.25) is 0 Å². The largest absolute Gasteiger partial charge is 0.394 e. The fourth-order valence-electron chi connectivity index (χ4n) is 2.92. The Morgan fingerprint density at radius 1 is 0.522 bits per heavy atom. The minimum Gasteiger partial charge on any atom is -0.394 e. The van der Waals surface area contributed by atoms with E-state index in [1.807, 2.05) is 27.7 Å². The smallest absolute Gasteiger partial charge is 0.345 e. The van der Waals surface area contributed by atoms with Crippen LogP contribution < -0.4 is 0 Å². The van der Waals surface area contributed by atoms with E-state index in [1.165, 1.54) is 0 Å². The fraction of sp³-hybridized carbons (Fsp3) is 1.00. The van der Waals surface area contributed by atoms with Crippen LogP contribution >= 0.6 is 0 Å². The van der Waals surface area contributed by atoms with E-state index in [0.717, 1.165) is 5.67 Å². The van der Waals surface area contributed by atoms with Crippen molar-refractivity contribution in [1.82, 2.24) is 0 Å². The van der Waals surface area contributed by atoms with Crippen LogP contribution in [0, 0.1) is 0 Å². The van der Waals surface area contributed by atoms with Crippen molar-refractivity contribution in [1.29, 1.82) is 0 Å². The molecule has 0 bridgehead atoms. The maximum Gasteiger partial charge on any atom is 0.345 e. The summed E-state index contributed by atoms with van der Waals surface area (Å²) in [7, 11) is -5.01. The van der Waals surface area contributed by atoms with E-state index >= 15 is 0 Å². The molecule has 0 radical (unpaired) electrons. The lowest BCUT2D eigenvalue weighted by Crippen LogP contribution is -2.62. The van der Waals surface area contributed by atoms with Gasteiger partial charge in [0.25, 0.3) is 0 Å². The molecule has 0 aromatic carbocycles. The first-order valence-electron chi connectivity index (χ1n) is 9.01. The van der Waals surface area contributed by atoms with Crippen LogP contribution in [0.15, 0.2) is 0 Å². The Morgan fingerprint density at radius 3 is 0.870 bits per heavy atom. The second-order valence-electron chi connectivity index (χ2n) is 7.91. The van der Waals surface area contributed by atoms with Gasteiger partial charge in [-0.25, -0.2) is 0 Å². The van der Waals surface area contributed by atoms with Crippen molar-refractivity contribution in [3.05, 3.63) is 0 Å². The zero-order valence-electron chi connectivity index (χ0n) is 17.2. The minimum absolute atomic E-state index is 0.0449. The normalized spacial score (nSPS) is 14.3. The molecule has 0 spiro atoms. The summed E-state index contributed by atoms with van der Waals surface area (Å²) in [4.78, 5) is 0. The summed E-state index contributed by atoms with van der Waals surface area (Å²) in [5.74, 6) is 0. The topological polar surface area (TPSA) is 36.9 Å². The van der Waals surface area contributed by atoms with Crippen molar-refractivity contribution < 1.29 is 17.7 Å². The van der Waals surface area contributed by atoms with Gasteiger partial charge in [-0.05, 0) is 27.7 Å². The fourth-order valence-corrected chi connectivity index (χ4v) is 15.0. The van der Waals surface area contributed by atoms with Gasteiger partial charge in [0.15, 0.2) is 0 Å². The molecule has 0 saturated carbocycles. The van der Waals surface area contributed by atoms with E-state index in [-0.39, 0.29) is 10.1 Å². The number of hydrogen-bond donors (Lipinski definition) is 0. The van der Waals surface area contributed by atoms with Crippen molar-refractivity contribution in [3.63, 3.8) is 0 Å². The van der Waals surface area contributed by atoms with Gasteiger partial charge < -0.3 is 17.7 Å². The van der Waals surface area contributed by atoms with Crippen LogP contribution in [-0.2, 0) is 17.7 Å². The molecule has 0 aliphatic carbocycles. The van der Waals surface area contributed by atoms with Gasteiger partial charge in [0.1, 0.15) is 0 Å². The molecule has 0 N–H and O–H groups in total. The maximum absolute atomic E-state index is 6.37. The highest BCUT2D eigenvalue weighted by Crippen LogP contribution is 2.49. The van der Waals surface area contributed by atoms with Gasteiger partial charge in [-0.15, -0.1) is 0 Å². The predicted octanol–water partition coefficient (Wildman–Crippen LogP) is 5.16. The highest BCUT2D eigenvalue weighted by molar-refractivity contribution is 6.88. The van der Waals surface area contributed by atoms with E-state index in [1.54, 1.807) is 0 Å². The Kier molecular flexibility index (Phi) is 9.21. The van der Waals surface area contributed by atoms with Crippen LogP contribution in [0.3, 0.4) is 0 Å². The molecule has 0 aromatic rings. The molecular formula is C17H40O4Si2. The van der Waals surface area contributed by atoms with Gasteiger partial charge in [0.05, 0.1) is 0 Å². The van der Waals surface area contributed by atoms with Gasteiger partial charge in [0.2, 0.25) is 0 Å². The standard InChI is InChI=1S/C17H40O4Si2/c1-11-18-22(19-12-2,16(5,6)7)15-23(20-13-3,21-14-4)17(8,9)10/h11-15H2,1-10H3.